The molecule has 1 saturated heterocycles. The second-order valence-corrected chi connectivity index (χ2v) is 7.57. The maximum Gasteiger partial charge on any atom is 0.329 e. The van der Waals surface area contributed by atoms with Crippen LogP contribution >= 0.6 is 27.7 Å². The Kier molecular flexibility index (Phi) is 8.17. The van der Waals surface area contributed by atoms with Crippen molar-refractivity contribution in [2.24, 2.45) is 0 Å². The lowest BCUT2D eigenvalue weighted by molar-refractivity contribution is -0.150. The number of nitrogens with zero attached hydrogens (tertiary/aromatic N) is 1. The first-order chi connectivity index (χ1) is 13.8. The predicted octanol–water partition coefficient (Wildman–Crippen LogP) is 3.85. The number of imide groups is 1. The number of ether oxygens (including phenoxy) is 3. The van der Waals surface area contributed by atoms with Crippen molar-refractivity contribution in [2.45, 2.75) is 26.8 Å². The van der Waals surface area contributed by atoms with Gasteiger partial charge in [-0.2, -0.15) is 0 Å². The first-order valence-corrected chi connectivity index (χ1v) is 10.4. The summed E-state index contributed by atoms with van der Waals surface area (Å²) >= 11 is 4.19. The molecule has 0 N–H and O–H groups in total. The van der Waals surface area contributed by atoms with Gasteiger partial charge in [0.15, 0.2) is 11.5 Å². The quantitative estimate of drug-likeness (QED) is 0.316. The monoisotopic (exact) mass is 481 g/mol. The maximum atomic E-state index is 12.7. The van der Waals surface area contributed by atoms with Crippen molar-refractivity contribution in [3.63, 3.8) is 0 Å². The summed E-state index contributed by atoms with van der Waals surface area (Å²) in [6.07, 6.45) is 6.79. The number of rotatable bonds is 8. The van der Waals surface area contributed by atoms with E-state index in [0.717, 1.165) is 16.7 Å². The summed E-state index contributed by atoms with van der Waals surface area (Å²) in [5, 5.41) is -0.531. The smallest absolute Gasteiger partial charge is 0.329 e. The molecule has 0 bridgehead atoms. The van der Waals surface area contributed by atoms with Crippen LogP contribution in [0.25, 0.3) is 6.08 Å². The van der Waals surface area contributed by atoms with Crippen molar-refractivity contribution < 1.29 is 28.6 Å². The van der Waals surface area contributed by atoms with E-state index in [1.165, 1.54) is 6.92 Å². The van der Waals surface area contributed by atoms with Gasteiger partial charge in [-0.15, -0.1) is 6.42 Å². The second kappa shape index (κ2) is 10.4. The number of terminal acetylenes is 1. The van der Waals surface area contributed by atoms with E-state index in [0.29, 0.717) is 28.1 Å². The largest absolute Gasteiger partial charge is 0.490 e. The lowest BCUT2D eigenvalue weighted by Crippen LogP contribution is -2.42. The number of amides is 2. The van der Waals surface area contributed by atoms with Gasteiger partial charge in [0, 0.05) is 4.47 Å². The van der Waals surface area contributed by atoms with Gasteiger partial charge >= 0.3 is 5.97 Å². The zero-order valence-corrected chi connectivity index (χ0v) is 18.6. The van der Waals surface area contributed by atoms with Gasteiger partial charge in [-0.25, -0.2) is 4.79 Å². The predicted molar refractivity (Wildman–Crippen MR) is 114 cm³/mol. The minimum Gasteiger partial charge on any atom is -0.490 e. The highest BCUT2D eigenvalue weighted by molar-refractivity contribution is 9.10. The molecule has 0 radical (unpaired) electrons. The van der Waals surface area contributed by atoms with Crippen LogP contribution in [0.3, 0.4) is 0 Å². The fraction of sp³-hybridized carbons (Fsp3) is 0.350. The van der Waals surface area contributed by atoms with Crippen molar-refractivity contribution in [3.05, 3.63) is 27.1 Å². The number of esters is 1. The summed E-state index contributed by atoms with van der Waals surface area (Å²) in [6.45, 7) is 5.59. The third-order valence-electron chi connectivity index (χ3n) is 3.80. The third kappa shape index (κ3) is 5.34. The van der Waals surface area contributed by atoms with Gasteiger partial charge in [0.2, 0.25) is 0 Å². The number of carbonyl (C=O) groups excluding carboxylic acids is 3. The fourth-order valence-electron chi connectivity index (χ4n) is 2.49. The van der Waals surface area contributed by atoms with E-state index in [4.69, 9.17) is 20.6 Å². The van der Waals surface area contributed by atoms with E-state index in [1.54, 1.807) is 25.1 Å². The highest BCUT2D eigenvalue weighted by Gasteiger charge is 2.41. The molecule has 1 aromatic carbocycles. The van der Waals surface area contributed by atoms with Crippen molar-refractivity contribution in [1.29, 1.82) is 0 Å². The zero-order valence-electron chi connectivity index (χ0n) is 16.2. The summed E-state index contributed by atoms with van der Waals surface area (Å²) in [6, 6.07) is 2.36. The van der Waals surface area contributed by atoms with Gasteiger partial charge in [0.05, 0.1) is 18.1 Å². The van der Waals surface area contributed by atoms with Crippen LogP contribution in [0, 0.1) is 12.3 Å². The van der Waals surface area contributed by atoms with Crippen LogP contribution in [0.2, 0.25) is 0 Å². The Morgan fingerprint density at radius 1 is 1.28 bits per heavy atom. The number of hydrogen-bond donors (Lipinski definition) is 0. The number of thioether (sulfide) groups is 1. The van der Waals surface area contributed by atoms with Crippen LogP contribution in [0.1, 0.15) is 26.3 Å². The van der Waals surface area contributed by atoms with Crippen LogP contribution in [0.5, 0.6) is 11.5 Å². The van der Waals surface area contributed by atoms with Gasteiger partial charge in [-0.1, -0.05) is 21.9 Å². The molecular weight excluding hydrogens is 462 g/mol. The molecule has 2 rings (SSSR count). The average molecular weight is 482 g/mol. The topological polar surface area (TPSA) is 82.1 Å². The van der Waals surface area contributed by atoms with E-state index in [-0.39, 0.29) is 18.1 Å². The minimum atomic E-state index is -1.00. The van der Waals surface area contributed by atoms with Crippen molar-refractivity contribution in [3.8, 4) is 23.8 Å². The van der Waals surface area contributed by atoms with Crippen LogP contribution in [-0.4, -0.2) is 47.9 Å². The molecule has 9 heteroatoms. The van der Waals surface area contributed by atoms with Gasteiger partial charge in [0.25, 0.3) is 11.1 Å². The van der Waals surface area contributed by atoms with Gasteiger partial charge in [0.1, 0.15) is 12.6 Å². The molecule has 29 heavy (non-hydrogen) atoms. The van der Waals surface area contributed by atoms with Crippen LogP contribution in [0.4, 0.5) is 4.79 Å². The normalized spacial score (nSPS) is 16.0. The number of benzene rings is 1. The summed E-state index contributed by atoms with van der Waals surface area (Å²) in [7, 11) is 0. The molecular formula is C20H20BrNO6S. The van der Waals surface area contributed by atoms with E-state index in [9.17, 15) is 14.4 Å². The van der Waals surface area contributed by atoms with Crippen molar-refractivity contribution in [2.75, 3.05) is 19.8 Å². The fourth-order valence-corrected chi connectivity index (χ4v) is 3.82. The van der Waals surface area contributed by atoms with Crippen molar-refractivity contribution in [1.82, 2.24) is 4.90 Å². The molecule has 1 aliphatic heterocycles. The summed E-state index contributed by atoms with van der Waals surface area (Å²) in [5.41, 5.74) is 0.607. The molecule has 2 amide bonds. The summed E-state index contributed by atoms with van der Waals surface area (Å²) in [4.78, 5) is 38.0. The van der Waals surface area contributed by atoms with Crippen LogP contribution < -0.4 is 9.47 Å². The third-order valence-corrected chi connectivity index (χ3v) is 5.37. The molecule has 0 aromatic heterocycles. The Labute approximate surface area is 181 Å². The number of halogens is 1. The summed E-state index contributed by atoms with van der Waals surface area (Å²) in [5.74, 6) is 2.11. The van der Waals surface area contributed by atoms with E-state index in [2.05, 4.69) is 21.9 Å². The molecule has 1 fully saturated rings. The molecule has 1 unspecified atom stereocenters. The van der Waals surface area contributed by atoms with Gasteiger partial charge in [-0.05, 0) is 56.3 Å². The molecule has 0 spiro atoms. The Morgan fingerprint density at radius 2 is 1.97 bits per heavy atom. The zero-order chi connectivity index (χ0) is 21.6. The molecule has 1 atom stereocenters. The molecule has 7 nitrogen and oxygen atoms in total. The highest BCUT2D eigenvalue weighted by Crippen LogP contribution is 2.38. The summed E-state index contributed by atoms with van der Waals surface area (Å²) < 4.78 is 16.6. The molecule has 1 aromatic rings. The second-order valence-electron chi connectivity index (χ2n) is 5.73. The lowest BCUT2D eigenvalue weighted by Gasteiger charge is -2.19. The van der Waals surface area contributed by atoms with E-state index >= 15 is 0 Å². The van der Waals surface area contributed by atoms with Gasteiger partial charge < -0.3 is 14.2 Å². The Hall–Kier alpha value is -2.44. The van der Waals surface area contributed by atoms with Crippen LogP contribution in [-0.2, 0) is 14.3 Å². The SMILES string of the molecule is C#CCOc1cc(Br)c(/C=C2/SC(=O)N(C(C)C(=O)OCC)C2=O)cc1OCC. The molecule has 1 heterocycles. The molecule has 0 aliphatic carbocycles. The molecule has 154 valence electrons. The highest BCUT2D eigenvalue weighted by atomic mass is 79.9. The Morgan fingerprint density at radius 3 is 2.59 bits per heavy atom. The maximum absolute atomic E-state index is 12.7. The van der Waals surface area contributed by atoms with Gasteiger partial charge in [-0.3, -0.25) is 14.5 Å². The Bertz CT molecular complexity index is 892. The lowest BCUT2D eigenvalue weighted by atomic mass is 10.1. The minimum absolute atomic E-state index is 0.0799. The first kappa shape index (κ1) is 22.8. The average Bonchev–Trinajstić information content (AvgIpc) is 2.96. The molecule has 0 saturated carbocycles. The number of carbonyl (C=O) groups is 3. The van der Waals surface area contributed by atoms with Crippen LogP contribution in [0.15, 0.2) is 21.5 Å². The molecule has 1 aliphatic rings. The van der Waals surface area contributed by atoms with E-state index in [1.807, 2.05) is 6.92 Å². The number of hydrogen-bond acceptors (Lipinski definition) is 7. The van der Waals surface area contributed by atoms with Crippen molar-refractivity contribution >= 4 is 50.9 Å². The standard InChI is InChI=1S/C20H20BrNO6S/c1-5-8-28-16-11-14(21)13(9-15(16)26-6-2)10-17-18(23)22(20(25)29-17)12(4)19(24)27-7-3/h1,9-12H,6-8H2,2-4H3/b17-10+. The van der Waals surface area contributed by atoms with E-state index < -0.39 is 23.2 Å². The Balaban J connectivity index is 2.35. The first-order valence-electron chi connectivity index (χ1n) is 8.80.